The number of amides is 2. The maximum atomic E-state index is 11.8. The number of rotatable bonds is 3. The van der Waals surface area contributed by atoms with E-state index in [1.807, 2.05) is 0 Å². The van der Waals surface area contributed by atoms with Gasteiger partial charge in [0.2, 0.25) is 0 Å². The number of hydrogen-bond acceptors (Lipinski definition) is 5. The minimum Gasteiger partial charge on any atom is -0.465 e. The zero-order valence-electron chi connectivity index (χ0n) is 10.4. The van der Waals surface area contributed by atoms with Crippen LogP contribution in [-0.2, 0) is 4.74 Å². The Morgan fingerprint density at radius 2 is 1.80 bits per heavy atom. The van der Waals surface area contributed by atoms with Crippen LogP contribution in [0.25, 0.3) is 0 Å². The van der Waals surface area contributed by atoms with Gasteiger partial charge in [0.25, 0.3) is 11.8 Å². The molecular formula is C12H11N3O4S. The average molecular weight is 293 g/mol. The largest absolute Gasteiger partial charge is 0.465 e. The minimum absolute atomic E-state index is 0.289. The third kappa shape index (κ3) is 3.04. The van der Waals surface area contributed by atoms with Crippen LogP contribution < -0.4 is 10.9 Å². The summed E-state index contributed by atoms with van der Waals surface area (Å²) in [5.41, 5.74) is 4.84. The van der Waals surface area contributed by atoms with Gasteiger partial charge in [-0.1, -0.05) is 0 Å². The highest BCUT2D eigenvalue weighted by Gasteiger charge is 2.15. The van der Waals surface area contributed by atoms with E-state index in [1.54, 1.807) is 18.3 Å². The molecule has 0 aliphatic heterocycles. The van der Waals surface area contributed by atoms with Crippen molar-refractivity contribution in [2.24, 2.45) is 0 Å². The van der Waals surface area contributed by atoms with Crippen LogP contribution in [0.4, 0.5) is 0 Å². The second-order valence-electron chi connectivity index (χ2n) is 3.65. The molecule has 2 aromatic heterocycles. The molecule has 0 bridgehead atoms. The van der Waals surface area contributed by atoms with Gasteiger partial charge in [-0.15, -0.1) is 11.3 Å². The normalized spacial score (nSPS) is 9.85. The van der Waals surface area contributed by atoms with E-state index < -0.39 is 17.8 Å². The number of aromatic amines is 1. The van der Waals surface area contributed by atoms with Gasteiger partial charge in [0.15, 0.2) is 0 Å². The van der Waals surface area contributed by atoms with Crippen LogP contribution in [0, 0.1) is 0 Å². The number of carbonyl (C=O) groups excluding carboxylic acids is 3. The zero-order valence-corrected chi connectivity index (χ0v) is 11.2. The number of nitrogens with one attached hydrogen (secondary N) is 3. The Hall–Kier alpha value is -2.61. The summed E-state index contributed by atoms with van der Waals surface area (Å²) in [6, 6.07) is 6.20. The summed E-state index contributed by atoms with van der Waals surface area (Å²) in [5.74, 6) is -1.48. The molecule has 104 valence electrons. The molecule has 3 N–H and O–H groups in total. The second-order valence-corrected chi connectivity index (χ2v) is 4.73. The van der Waals surface area contributed by atoms with Gasteiger partial charge in [-0.05, 0) is 24.3 Å². The number of methoxy groups -OCH3 is 1. The van der Waals surface area contributed by atoms with E-state index in [0.29, 0.717) is 10.6 Å². The molecule has 20 heavy (non-hydrogen) atoms. The molecule has 0 aliphatic carbocycles. The van der Waals surface area contributed by atoms with Crippen LogP contribution in [0.1, 0.15) is 29.8 Å². The molecule has 8 heteroatoms. The van der Waals surface area contributed by atoms with Crippen molar-refractivity contribution in [3.63, 3.8) is 0 Å². The maximum absolute atomic E-state index is 11.8. The highest BCUT2D eigenvalue weighted by Crippen LogP contribution is 2.16. The Bertz CT molecular complexity index is 633. The SMILES string of the molecule is COC(=O)c1ccc(C(=O)NNC(=O)c2ccc[nH]2)s1. The third-order valence-electron chi connectivity index (χ3n) is 2.35. The van der Waals surface area contributed by atoms with Gasteiger partial charge in [0.1, 0.15) is 10.6 Å². The number of H-pyrrole nitrogens is 1. The van der Waals surface area contributed by atoms with Crippen molar-refractivity contribution in [2.45, 2.75) is 0 Å². The molecule has 2 aromatic rings. The van der Waals surface area contributed by atoms with E-state index in [4.69, 9.17) is 0 Å². The Kier molecular flexibility index (Phi) is 4.16. The lowest BCUT2D eigenvalue weighted by molar-refractivity contribution is 0.0606. The lowest BCUT2D eigenvalue weighted by Crippen LogP contribution is -2.41. The third-order valence-corrected chi connectivity index (χ3v) is 3.41. The summed E-state index contributed by atoms with van der Waals surface area (Å²) in [6.45, 7) is 0. The molecule has 0 saturated heterocycles. The van der Waals surface area contributed by atoms with Gasteiger partial charge >= 0.3 is 5.97 Å². The molecule has 2 amide bonds. The number of esters is 1. The number of thiophene rings is 1. The average Bonchev–Trinajstić information content (AvgIpc) is 3.13. The van der Waals surface area contributed by atoms with Gasteiger partial charge in [-0.25, -0.2) is 4.79 Å². The van der Waals surface area contributed by atoms with E-state index in [2.05, 4.69) is 20.6 Å². The predicted molar refractivity (Wildman–Crippen MR) is 71.4 cm³/mol. The lowest BCUT2D eigenvalue weighted by Gasteiger charge is -2.04. The van der Waals surface area contributed by atoms with Crippen molar-refractivity contribution < 1.29 is 19.1 Å². The molecule has 0 radical (unpaired) electrons. The Balaban J connectivity index is 1.93. The van der Waals surface area contributed by atoms with Gasteiger partial charge in [-0.2, -0.15) is 0 Å². The molecule has 0 aromatic carbocycles. The zero-order chi connectivity index (χ0) is 14.5. The fraction of sp³-hybridized carbons (Fsp3) is 0.0833. The summed E-state index contributed by atoms with van der Waals surface area (Å²) in [6.07, 6.45) is 1.60. The maximum Gasteiger partial charge on any atom is 0.348 e. The summed E-state index contributed by atoms with van der Waals surface area (Å²) < 4.78 is 4.54. The highest BCUT2D eigenvalue weighted by molar-refractivity contribution is 7.15. The van der Waals surface area contributed by atoms with Crippen molar-refractivity contribution in [1.29, 1.82) is 0 Å². The van der Waals surface area contributed by atoms with Crippen LogP contribution in [0.15, 0.2) is 30.5 Å². The molecule has 0 spiro atoms. The van der Waals surface area contributed by atoms with Gasteiger partial charge in [-0.3, -0.25) is 20.4 Å². The number of carbonyl (C=O) groups is 3. The molecule has 0 saturated carbocycles. The number of ether oxygens (including phenoxy) is 1. The number of hydrogen-bond donors (Lipinski definition) is 3. The smallest absolute Gasteiger partial charge is 0.348 e. The monoisotopic (exact) mass is 293 g/mol. The van der Waals surface area contributed by atoms with Crippen LogP contribution in [0.3, 0.4) is 0 Å². The Morgan fingerprint density at radius 3 is 2.45 bits per heavy atom. The van der Waals surface area contributed by atoms with E-state index >= 15 is 0 Å². The molecule has 2 rings (SSSR count). The van der Waals surface area contributed by atoms with Crippen LogP contribution >= 0.6 is 11.3 Å². The van der Waals surface area contributed by atoms with Crippen molar-refractivity contribution in [1.82, 2.24) is 15.8 Å². The molecule has 0 unspecified atom stereocenters. The number of aromatic nitrogens is 1. The van der Waals surface area contributed by atoms with Crippen LogP contribution in [0.5, 0.6) is 0 Å². The molecule has 0 atom stereocenters. The minimum atomic E-state index is -0.510. The summed E-state index contributed by atoms with van der Waals surface area (Å²) >= 11 is 0.977. The van der Waals surface area contributed by atoms with Crippen molar-refractivity contribution in [3.8, 4) is 0 Å². The first-order valence-corrected chi connectivity index (χ1v) is 6.35. The van der Waals surface area contributed by atoms with E-state index in [-0.39, 0.29) is 4.88 Å². The topological polar surface area (TPSA) is 100 Å². The quantitative estimate of drug-likeness (QED) is 0.579. The lowest BCUT2D eigenvalue weighted by atomic mass is 10.4. The van der Waals surface area contributed by atoms with E-state index in [1.165, 1.54) is 19.2 Å². The molecule has 0 aliphatic rings. The Morgan fingerprint density at radius 1 is 1.10 bits per heavy atom. The van der Waals surface area contributed by atoms with Crippen molar-refractivity contribution >= 4 is 29.1 Å². The van der Waals surface area contributed by atoms with Gasteiger partial charge in [0.05, 0.1) is 12.0 Å². The standard InChI is InChI=1S/C12H11N3O4S/c1-19-12(18)9-5-4-8(20-9)11(17)15-14-10(16)7-3-2-6-13-7/h2-6,13H,1H3,(H,14,16)(H,15,17). The first-order chi connectivity index (χ1) is 9.61. The first kappa shape index (κ1) is 13.8. The van der Waals surface area contributed by atoms with Gasteiger partial charge < -0.3 is 9.72 Å². The summed E-state index contributed by atoms with van der Waals surface area (Å²) in [4.78, 5) is 37.9. The van der Waals surface area contributed by atoms with E-state index in [0.717, 1.165) is 11.3 Å². The molecule has 2 heterocycles. The summed E-state index contributed by atoms with van der Waals surface area (Å²) in [7, 11) is 1.26. The molecule has 7 nitrogen and oxygen atoms in total. The van der Waals surface area contributed by atoms with Crippen LogP contribution in [-0.4, -0.2) is 29.9 Å². The molecule has 0 fully saturated rings. The fourth-order valence-corrected chi connectivity index (χ4v) is 2.20. The first-order valence-electron chi connectivity index (χ1n) is 5.54. The highest BCUT2D eigenvalue weighted by atomic mass is 32.1. The Labute approximate surface area is 117 Å². The predicted octanol–water partition coefficient (Wildman–Crippen LogP) is 0.938. The van der Waals surface area contributed by atoms with Crippen molar-refractivity contribution in [2.75, 3.05) is 7.11 Å². The van der Waals surface area contributed by atoms with E-state index in [9.17, 15) is 14.4 Å². The molecular weight excluding hydrogens is 282 g/mol. The number of hydrazine groups is 1. The van der Waals surface area contributed by atoms with Crippen molar-refractivity contribution in [3.05, 3.63) is 45.9 Å². The summed E-state index contributed by atoms with van der Waals surface area (Å²) in [5, 5.41) is 0. The fourth-order valence-electron chi connectivity index (χ4n) is 1.38. The van der Waals surface area contributed by atoms with Crippen LogP contribution in [0.2, 0.25) is 0 Å². The van der Waals surface area contributed by atoms with Gasteiger partial charge in [0, 0.05) is 6.20 Å². The second kappa shape index (κ2) is 6.02.